The topological polar surface area (TPSA) is 46.9 Å². The van der Waals surface area contributed by atoms with Crippen molar-refractivity contribution in [3.63, 3.8) is 0 Å². The Balaban J connectivity index is 2.08. The van der Waals surface area contributed by atoms with Crippen molar-refractivity contribution in [2.24, 2.45) is 0 Å². The zero-order valence-electron chi connectivity index (χ0n) is 9.38. The summed E-state index contributed by atoms with van der Waals surface area (Å²) in [5, 5.41) is 2.39. The lowest BCUT2D eigenvalue weighted by Crippen LogP contribution is -2.19. The van der Waals surface area contributed by atoms with Crippen molar-refractivity contribution in [2.75, 3.05) is 5.32 Å². The predicted molar refractivity (Wildman–Crippen MR) is 67.1 cm³/mol. The standard InChI is InChI=1S/C12H11ClFN3O/c13-11(14)12(18)16-10-3-1-2-9(6-10)7-17-5-4-15-8-17/h1-6,8,11H,7H2,(H,16,18). The second kappa shape index (κ2) is 5.64. The van der Waals surface area contributed by atoms with E-state index in [0.29, 0.717) is 12.2 Å². The molecule has 0 aliphatic rings. The first-order valence-corrected chi connectivity index (χ1v) is 5.72. The van der Waals surface area contributed by atoms with Gasteiger partial charge < -0.3 is 9.88 Å². The van der Waals surface area contributed by atoms with E-state index in [2.05, 4.69) is 10.3 Å². The zero-order chi connectivity index (χ0) is 13.0. The third-order valence-corrected chi connectivity index (χ3v) is 2.52. The van der Waals surface area contributed by atoms with Crippen LogP contribution >= 0.6 is 11.6 Å². The fourth-order valence-corrected chi connectivity index (χ4v) is 1.59. The number of halogens is 2. The van der Waals surface area contributed by atoms with E-state index < -0.39 is 11.5 Å². The number of amides is 1. The maximum atomic E-state index is 12.5. The van der Waals surface area contributed by atoms with Gasteiger partial charge in [-0.3, -0.25) is 4.79 Å². The molecule has 0 aliphatic carbocycles. The summed E-state index contributed by atoms with van der Waals surface area (Å²) in [6, 6.07) is 7.12. The monoisotopic (exact) mass is 267 g/mol. The van der Waals surface area contributed by atoms with Gasteiger partial charge in [-0.15, -0.1) is 0 Å². The van der Waals surface area contributed by atoms with Crippen molar-refractivity contribution in [3.8, 4) is 0 Å². The van der Waals surface area contributed by atoms with Crippen LogP contribution in [0.25, 0.3) is 0 Å². The van der Waals surface area contributed by atoms with Gasteiger partial charge in [-0.2, -0.15) is 0 Å². The molecule has 18 heavy (non-hydrogen) atoms. The molecule has 94 valence electrons. The number of alkyl halides is 2. The van der Waals surface area contributed by atoms with Crippen molar-refractivity contribution < 1.29 is 9.18 Å². The lowest BCUT2D eigenvalue weighted by atomic mass is 10.2. The van der Waals surface area contributed by atoms with Crippen LogP contribution in [0.3, 0.4) is 0 Å². The van der Waals surface area contributed by atoms with Gasteiger partial charge in [-0.25, -0.2) is 9.37 Å². The lowest BCUT2D eigenvalue weighted by molar-refractivity contribution is -0.118. The van der Waals surface area contributed by atoms with Crippen molar-refractivity contribution in [1.82, 2.24) is 9.55 Å². The summed E-state index contributed by atoms with van der Waals surface area (Å²) in [7, 11) is 0. The number of rotatable bonds is 4. The largest absolute Gasteiger partial charge is 0.333 e. The number of aromatic nitrogens is 2. The number of hydrogen-bond donors (Lipinski definition) is 1. The third kappa shape index (κ3) is 3.30. The average Bonchev–Trinajstić information content (AvgIpc) is 2.82. The zero-order valence-corrected chi connectivity index (χ0v) is 10.1. The molecule has 1 N–H and O–H groups in total. The molecular weight excluding hydrogens is 257 g/mol. The molecule has 0 spiro atoms. The highest BCUT2D eigenvalue weighted by molar-refractivity contribution is 6.31. The third-order valence-electron chi connectivity index (χ3n) is 2.32. The Morgan fingerprint density at radius 1 is 1.56 bits per heavy atom. The molecule has 0 bridgehead atoms. The molecule has 1 unspecified atom stereocenters. The molecule has 0 saturated heterocycles. The first-order chi connectivity index (χ1) is 8.65. The summed E-state index contributed by atoms with van der Waals surface area (Å²) in [5.41, 5.74) is -0.556. The number of anilines is 1. The second-order valence-electron chi connectivity index (χ2n) is 3.73. The van der Waals surface area contributed by atoms with Gasteiger partial charge in [-0.05, 0) is 17.7 Å². The minimum absolute atomic E-state index is 0.515. The van der Waals surface area contributed by atoms with Gasteiger partial charge in [0.1, 0.15) is 0 Å². The smallest absolute Gasteiger partial charge is 0.274 e. The van der Waals surface area contributed by atoms with Gasteiger partial charge in [0.15, 0.2) is 0 Å². The van der Waals surface area contributed by atoms with Crippen LogP contribution in [0.1, 0.15) is 5.56 Å². The Bertz CT molecular complexity index is 528. The van der Waals surface area contributed by atoms with Crippen molar-refractivity contribution in [1.29, 1.82) is 0 Å². The molecule has 1 heterocycles. The number of hydrogen-bond acceptors (Lipinski definition) is 2. The average molecular weight is 268 g/mol. The molecule has 0 fully saturated rings. The normalized spacial score (nSPS) is 12.1. The van der Waals surface area contributed by atoms with Gasteiger partial charge in [0.05, 0.1) is 6.33 Å². The van der Waals surface area contributed by atoms with Crippen molar-refractivity contribution in [3.05, 3.63) is 48.5 Å². The number of benzene rings is 1. The van der Waals surface area contributed by atoms with Crippen LogP contribution in [-0.4, -0.2) is 21.1 Å². The maximum absolute atomic E-state index is 12.5. The van der Waals surface area contributed by atoms with Crippen molar-refractivity contribution >= 4 is 23.2 Å². The van der Waals surface area contributed by atoms with E-state index in [9.17, 15) is 9.18 Å². The number of imidazole rings is 1. The lowest BCUT2D eigenvalue weighted by Gasteiger charge is -2.07. The van der Waals surface area contributed by atoms with Crippen LogP contribution in [0.4, 0.5) is 10.1 Å². The molecule has 0 radical (unpaired) electrons. The van der Waals surface area contributed by atoms with E-state index in [0.717, 1.165) is 5.56 Å². The fraction of sp³-hybridized carbons (Fsp3) is 0.167. The van der Waals surface area contributed by atoms with Gasteiger partial charge in [0, 0.05) is 24.6 Å². The Labute approximate surface area is 108 Å². The van der Waals surface area contributed by atoms with Crippen LogP contribution in [-0.2, 0) is 11.3 Å². The number of carbonyl (C=O) groups is 1. The molecule has 0 aliphatic heterocycles. The first-order valence-electron chi connectivity index (χ1n) is 5.29. The summed E-state index contributed by atoms with van der Waals surface area (Å²) in [5.74, 6) is -0.864. The molecule has 6 heteroatoms. The molecule has 1 aromatic heterocycles. The molecule has 2 aromatic rings. The van der Waals surface area contributed by atoms with Crippen LogP contribution in [0.5, 0.6) is 0 Å². The summed E-state index contributed by atoms with van der Waals surface area (Å²) in [6.45, 7) is 0.629. The second-order valence-corrected chi connectivity index (χ2v) is 4.11. The Hall–Kier alpha value is -1.88. The highest BCUT2D eigenvalue weighted by Gasteiger charge is 2.12. The first kappa shape index (κ1) is 12.6. The number of nitrogens with one attached hydrogen (secondary N) is 1. The molecular formula is C12H11ClFN3O. The van der Waals surface area contributed by atoms with Crippen LogP contribution in [0.2, 0.25) is 0 Å². The van der Waals surface area contributed by atoms with Gasteiger partial charge >= 0.3 is 0 Å². The van der Waals surface area contributed by atoms with Gasteiger partial charge in [0.25, 0.3) is 11.5 Å². The molecule has 1 aromatic carbocycles. The van der Waals surface area contributed by atoms with E-state index >= 15 is 0 Å². The summed E-state index contributed by atoms with van der Waals surface area (Å²) >= 11 is 5.04. The SMILES string of the molecule is O=C(Nc1cccc(Cn2ccnc2)c1)C(F)Cl. The molecule has 2 rings (SSSR count). The molecule has 0 saturated carbocycles. The van der Waals surface area contributed by atoms with Crippen LogP contribution < -0.4 is 5.32 Å². The van der Waals surface area contributed by atoms with E-state index in [1.165, 1.54) is 0 Å². The molecule has 1 amide bonds. The maximum Gasteiger partial charge on any atom is 0.274 e. The van der Waals surface area contributed by atoms with E-state index in [-0.39, 0.29) is 0 Å². The quantitative estimate of drug-likeness (QED) is 0.865. The Morgan fingerprint density at radius 2 is 2.39 bits per heavy atom. The highest BCUT2D eigenvalue weighted by Crippen LogP contribution is 2.13. The fourth-order valence-electron chi connectivity index (χ4n) is 1.54. The highest BCUT2D eigenvalue weighted by atomic mass is 35.5. The van der Waals surface area contributed by atoms with E-state index in [1.54, 1.807) is 30.7 Å². The van der Waals surface area contributed by atoms with Crippen LogP contribution in [0, 0.1) is 0 Å². The Kier molecular flexibility index (Phi) is 3.94. The minimum Gasteiger partial charge on any atom is -0.333 e. The summed E-state index contributed by atoms with van der Waals surface area (Å²) in [6.07, 6.45) is 5.22. The predicted octanol–water partition coefficient (Wildman–Crippen LogP) is 2.40. The minimum atomic E-state index is -2.04. The van der Waals surface area contributed by atoms with Crippen molar-refractivity contribution in [2.45, 2.75) is 12.2 Å². The Morgan fingerprint density at radius 3 is 3.06 bits per heavy atom. The van der Waals surface area contributed by atoms with Gasteiger partial charge in [0.2, 0.25) is 0 Å². The van der Waals surface area contributed by atoms with Gasteiger partial charge in [-0.1, -0.05) is 23.7 Å². The van der Waals surface area contributed by atoms with E-state index in [4.69, 9.17) is 11.6 Å². The van der Waals surface area contributed by atoms with Crippen LogP contribution in [0.15, 0.2) is 43.0 Å². The summed E-state index contributed by atoms with van der Waals surface area (Å²) < 4.78 is 14.4. The van der Waals surface area contributed by atoms with E-state index in [1.807, 2.05) is 16.8 Å². The molecule has 1 atom stereocenters. The number of nitrogens with zero attached hydrogens (tertiary/aromatic N) is 2. The summed E-state index contributed by atoms with van der Waals surface area (Å²) in [4.78, 5) is 15.0. The molecule has 4 nitrogen and oxygen atoms in total. The number of carbonyl (C=O) groups excluding carboxylic acids is 1.